The van der Waals surface area contributed by atoms with E-state index in [1.165, 1.54) is 12.8 Å². The Morgan fingerprint density at radius 1 is 1.30 bits per heavy atom. The van der Waals surface area contributed by atoms with Gasteiger partial charge in [-0.05, 0) is 12.8 Å². The van der Waals surface area contributed by atoms with Crippen LogP contribution in [0.3, 0.4) is 0 Å². The maximum absolute atomic E-state index is 4.45. The lowest BCUT2D eigenvalue weighted by atomic mass is 10.3. The van der Waals surface area contributed by atoms with Crippen LogP contribution in [-0.4, -0.2) is 29.3 Å². The second kappa shape index (κ2) is 4.29. The molecule has 0 bridgehead atoms. The molecule has 0 radical (unpaired) electrons. The Kier molecular flexibility index (Phi) is 2.45. The second-order valence-corrected chi connectivity index (χ2v) is 5.15. The normalized spacial score (nSPS) is 14.8. The van der Waals surface area contributed by atoms with Crippen LogP contribution < -0.4 is 5.32 Å². The van der Waals surface area contributed by atoms with Crippen LogP contribution in [-0.2, 0) is 13.6 Å². The molecule has 3 aromatic heterocycles. The van der Waals surface area contributed by atoms with E-state index in [1.807, 2.05) is 25.8 Å². The lowest BCUT2D eigenvalue weighted by Gasteiger charge is -2.04. The zero-order valence-corrected chi connectivity index (χ0v) is 11.2. The molecule has 0 unspecified atom stereocenters. The third-order valence-electron chi connectivity index (χ3n) is 3.52. The highest BCUT2D eigenvalue weighted by atomic mass is 15.2. The summed E-state index contributed by atoms with van der Waals surface area (Å²) in [5.41, 5.74) is 2.86. The topological polar surface area (TPSA) is 73.5 Å². The van der Waals surface area contributed by atoms with Crippen LogP contribution in [0.1, 0.15) is 24.4 Å². The van der Waals surface area contributed by atoms with Gasteiger partial charge in [-0.3, -0.25) is 4.68 Å². The van der Waals surface area contributed by atoms with Crippen molar-refractivity contribution < 1.29 is 0 Å². The van der Waals surface area contributed by atoms with Crippen LogP contribution in [0.4, 0.5) is 5.82 Å². The molecule has 3 heterocycles. The van der Waals surface area contributed by atoms with Crippen LogP contribution in [0.2, 0.25) is 0 Å². The summed E-state index contributed by atoms with van der Waals surface area (Å²) in [6.07, 6.45) is 9.71. The van der Waals surface area contributed by atoms with E-state index >= 15 is 0 Å². The van der Waals surface area contributed by atoms with Crippen molar-refractivity contribution in [1.82, 2.24) is 29.3 Å². The van der Waals surface area contributed by atoms with Gasteiger partial charge < -0.3 is 9.88 Å². The molecule has 20 heavy (non-hydrogen) atoms. The summed E-state index contributed by atoms with van der Waals surface area (Å²) in [4.78, 5) is 13.1. The van der Waals surface area contributed by atoms with E-state index in [9.17, 15) is 0 Å². The summed E-state index contributed by atoms with van der Waals surface area (Å²) in [5, 5.41) is 7.46. The van der Waals surface area contributed by atoms with Crippen molar-refractivity contribution >= 4 is 17.0 Å². The first-order valence-electron chi connectivity index (χ1n) is 6.70. The highest BCUT2D eigenvalue weighted by Gasteiger charge is 2.26. The number of anilines is 1. The van der Waals surface area contributed by atoms with E-state index in [2.05, 4.69) is 29.9 Å². The van der Waals surface area contributed by atoms with E-state index in [0.717, 1.165) is 22.5 Å². The van der Waals surface area contributed by atoms with E-state index in [-0.39, 0.29) is 0 Å². The predicted octanol–water partition coefficient (Wildman–Crippen LogP) is 1.51. The van der Waals surface area contributed by atoms with E-state index in [1.54, 1.807) is 11.0 Å². The van der Waals surface area contributed by atoms with E-state index < -0.39 is 0 Å². The summed E-state index contributed by atoms with van der Waals surface area (Å²) in [5.74, 6) is 0.776. The first-order valence-corrected chi connectivity index (χ1v) is 6.70. The first kappa shape index (κ1) is 11.4. The molecule has 1 aliphatic carbocycles. The van der Waals surface area contributed by atoms with Gasteiger partial charge in [-0.1, -0.05) is 0 Å². The van der Waals surface area contributed by atoms with Crippen molar-refractivity contribution in [3.05, 3.63) is 30.6 Å². The molecule has 0 amide bonds. The van der Waals surface area contributed by atoms with Gasteiger partial charge in [-0.25, -0.2) is 15.0 Å². The third-order valence-corrected chi connectivity index (χ3v) is 3.52. The zero-order chi connectivity index (χ0) is 13.5. The van der Waals surface area contributed by atoms with Crippen molar-refractivity contribution in [3.63, 3.8) is 0 Å². The predicted molar refractivity (Wildman–Crippen MR) is 74.1 cm³/mol. The summed E-state index contributed by atoms with van der Waals surface area (Å²) >= 11 is 0. The Balaban J connectivity index is 1.62. The minimum atomic E-state index is 0.570. The van der Waals surface area contributed by atoms with Crippen molar-refractivity contribution in [2.45, 2.75) is 25.4 Å². The number of nitrogens with one attached hydrogen (secondary N) is 1. The Bertz CT molecular complexity index is 753. The highest BCUT2D eigenvalue weighted by Crippen LogP contribution is 2.37. The maximum atomic E-state index is 4.45. The van der Waals surface area contributed by atoms with Crippen molar-refractivity contribution in [2.75, 3.05) is 5.32 Å². The molecule has 0 spiro atoms. The standard InChI is InChI=1S/C13H15N7/c1-19-6-9(5-18-19)4-14-12-11-13(16-7-15-12)20(8-17-11)10-2-3-10/h5-8,10H,2-4H2,1H3,(H,14,15,16). The zero-order valence-electron chi connectivity index (χ0n) is 11.2. The van der Waals surface area contributed by atoms with Gasteiger partial charge in [0.1, 0.15) is 11.8 Å². The lowest BCUT2D eigenvalue weighted by molar-refractivity contribution is 0.756. The molecule has 1 aliphatic rings. The highest BCUT2D eigenvalue weighted by molar-refractivity contribution is 5.82. The number of hydrogen-bond donors (Lipinski definition) is 1. The molecule has 7 nitrogen and oxygen atoms in total. The first-order chi connectivity index (χ1) is 9.81. The van der Waals surface area contributed by atoms with E-state index in [4.69, 9.17) is 0 Å². The molecule has 1 N–H and O–H groups in total. The van der Waals surface area contributed by atoms with Gasteiger partial charge in [0.15, 0.2) is 11.5 Å². The number of aromatic nitrogens is 6. The van der Waals surface area contributed by atoms with Gasteiger partial charge in [0, 0.05) is 31.4 Å². The fraction of sp³-hybridized carbons (Fsp3) is 0.385. The quantitative estimate of drug-likeness (QED) is 0.777. The van der Waals surface area contributed by atoms with Crippen molar-refractivity contribution in [1.29, 1.82) is 0 Å². The van der Waals surface area contributed by atoms with Crippen molar-refractivity contribution in [2.24, 2.45) is 7.05 Å². The van der Waals surface area contributed by atoms with Crippen LogP contribution in [0.15, 0.2) is 25.0 Å². The van der Waals surface area contributed by atoms with Crippen LogP contribution >= 0.6 is 0 Å². The molecular weight excluding hydrogens is 254 g/mol. The van der Waals surface area contributed by atoms with Gasteiger partial charge >= 0.3 is 0 Å². The van der Waals surface area contributed by atoms with Gasteiger partial charge in [0.25, 0.3) is 0 Å². The fourth-order valence-electron chi connectivity index (χ4n) is 2.35. The molecule has 0 atom stereocenters. The minimum absolute atomic E-state index is 0.570. The Labute approximate surface area is 115 Å². The molecule has 1 saturated carbocycles. The molecule has 102 valence electrons. The molecule has 1 fully saturated rings. The van der Waals surface area contributed by atoms with Crippen molar-refractivity contribution in [3.8, 4) is 0 Å². The summed E-state index contributed by atoms with van der Waals surface area (Å²) in [6, 6.07) is 0.570. The molecular formula is C13H15N7. The SMILES string of the molecule is Cn1cc(CNc2ncnc3c2ncn3C2CC2)cn1. The number of rotatable bonds is 4. The molecule has 0 aromatic carbocycles. The van der Waals surface area contributed by atoms with Crippen LogP contribution in [0, 0.1) is 0 Å². The van der Waals surface area contributed by atoms with Gasteiger partial charge in [0.05, 0.1) is 12.5 Å². The Morgan fingerprint density at radius 2 is 2.20 bits per heavy atom. The van der Waals surface area contributed by atoms with Gasteiger partial charge in [-0.2, -0.15) is 5.10 Å². The lowest BCUT2D eigenvalue weighted by Crippen LogP contribution is -2.02. The summed E-state index contributed by atoms with van der Waals surface area (Å²) < 4.78 is 3.93. The average molecular weight is 269 g/mol. The average Bonchev–Trinajstić information content (AvgIpc) is 3.06. The van der Waals surface area contributed by atoms with Crippen LogP contribution in [0.5, 0.6) is 0 Å². The Hall–Kier alpha value is -2.44. The van der Waals surface area contributed by atoms with Crippen LogP contribution in [0.25, 0.3) is 11.2 Å². The second-order valence-electron chi connectivity index (χ2n) is 5.15. The number of fused-ring (bicyclic) bond motifs is 1. The molecule has 0 saturated heterocycles. The Morgan fingerprint density at radius 3 is 2.95 bits per heavy atom. The van der Waals surface area contributed by atoms with Gasteiger partial charge in [0.2, 0.25) is 0 Å². The number of nitrogens with zero attached hydrogens (tertiary/aromatic N) is 6. The molecule has 0 aliphatic heterocycles. The minimum Gasteiger partial charge on any atom is -0.364 e. The summed E-state index contributed by atoms with van der Waals surface area (Å²) in [6.45, 7) is 0.677. The third kappa shape index (κ3) is 1.91. The van der Waals surface area contributed by atoms with E-state index in [0.29, 0.717) is 12.6 Å². The molecule has 7 heteroatoms. The smallest absolute Gasteiger partial charge is 0.165 e. The number of aryl methyl sites for hydroxylation is 1. The fourth-order valence-corrected chi connectivity index (χ4v) is 2.35. The number of hydrogen-bond acceptors (Lipinski definition) is 5. The monoisotopic (exact) mass is 269 g/mol. The maximum Gasteiger partial charge on any atom is 0.165 e. The molecule has 4 rings (SSSR count). The summed E-state index contributed by atoms with van der Waals surface area (Å²) in [7, 11) is 1.91. The molecule has 3 aromatic rings. The van der Waals surface area contributed by atoms with Gasteiger partial charge in [-0.15, -0.1) is 0 Å². The largest absolute Gasteiger partial charge is 0.364 e. The number of imidazole rings is 1.